The van der Waals surface area contributed by atoms with Crippen LogP contribution in [0.5, 0.6) is 0 Å². The van der Waals surface area contributed by atoms with Gasteiger partial charge in [0.15, 0.2) is 0 Å². The van der Waals surface area contributed by atoms with Gasteiger partial charge in [-0.25, -0.2) is 4.39 Å². The summed E-state index contributed by atoms with van der Waals surface area (Å²) in [7, 11) is 0. The van der Waals surface area contributed by atoms with E-state index in [1.54, 1.807) is 24.4 Å². The quantitative estimate of drug-likeness (QED) is 0.352. The summed E-state index contributed by atoms with van der Waals surface area (Å²) in [6.07, 6.45) is 7.22. The molecule has 0 aliphatic heterocycles. The van der Waals surface area contributed by atoms with Crippen molar-refractivity contribution >= 4 is 5.57 Å². The van der Waals surface area contributed by atoms with Crippen molar-refractivity contribution in [1.29, 1.82) is 0 Å². The van der Waals surface area contributed by atoms with Crippen LogP contribution in [0.2, 0.25) is 0 Å². The maximum absolute atomic E-state index is 13.4. The Bertz CT molecular complexity index is 1080. The molecule has 1 heterocycles. The average molecular weight is 446 g/mol. The van der Waals surface area contributed by atoms with Gasteiger partial charge in [0.2, 0.25) is 0 Å². The summed E-state index contributed by atoms with van der Waals surface area (Å²) in [4.78, 5) is 2.36. The van der Waals surface area contributed by atoms with Crippen LogP contribution in [0, 0.1) is 5.82 Å². The van der Waals surface area contributed by atoms with Gasteiger partial charge in [-0.1, -0.05) is 62.9 Å². The van der Waals surface area contributed by atoms with Crippen LogP contribution in [0.1, 0.15) is 31.0 Å². The molecule has 0 amide bonds. The van der Waals surface area contributed by atoms with Crippen LogP contribution in [0.3, 0.4) is 0 Å². The number of likely N-dealkylation sites (N-methyl/N-ethyl adjacent to an activating group) is 1. The number of allylic oxidation sites excluding steroid dienone is 4. The molecular formula is C27H32FN5. The van der Waals surface area contributed by atoms with E-state index >= 15 is 0 Å². The number of hydrogen-bond donors (Lipinski definition) is 3. The minimum absolute atomic E-state index is 0.0354. The lowest BCUT2D eigenvalue weighted by Crippen LogP contribution is -2.36. The fourth-order valence-electron chi connectivity index (χ4n) is 3.75. The summed E-state index contributed by atoms with van der Waals surface area (Å²) in [6.45, 7) is 10.9. The van der Waals surface area contributed by atoms with E-state index < -0.39 is 0 Å². The van der Waals surface area contributed by atoms with Crippen molar-refractivity contribution in [3.05, 3.63) is 108 Å². The number of rotatable bonds is 11. The van der Waals surface area contributed by atoms with Crippen LogP contribution in [-0.4, -0.2) is 34.7 Å². The molecule has 3 aromatic rings. The van der Waals surface area contributed by atoms with E-state index in [0.29, 0.717) is 5.82 Å². The highest BCUT2D eigenvalue weighted by molar-refractivity contribution is 5.84. The van der Waals surface area contributed by atoms with Crippen molar-refractivity contribution in [3.63, 3.8) is 0 Å². The standard InChI is InChI=1S/C27H32FN5/c1-4-10-22(24-18-30-32-27(24)21-13-15-23(28)16-14-21)17-26(29)31-25(19-33(5-2)6-3)20-11-8-7-9-12-20/h4,7-18,25,31H,1,5-6,19,29H2,2-3H3,(H,30,32)/b22-10+,26-17+. The van der Waals surface area contributed by atoms with E-state index in [-0.39, 0.29) is 11.9 Å². The Labute approximate surface area is 195 Å². The molecule has 0 aliphatic carbocycles. The minimum atomic E-state index is -0.282. The van der Waals surface area contributed by atoms with Gasteiger partial charge in [-0.2, -0.15) is 5.10 Å². The third-order valence-corrected chi connectivity index (χ3v) is 5.57. The van der Waals surface area contributed by atoms with Crippen molar-refractivity contribution in [3.8, 4) is 11.3 Å². The second-order valence-corrected chi connectivity index (χ2v) is 7.72. The van der Waals surface area contributed by atoms with Gasteiger partial charge >= 0.3 is 0 Å². The van der Waals surface area contributed by atoms with Crippen LogP contribution < -0.4 is 11.1 Å². The summed E-state index contributed by atoms with van der Waals surface area (Å²) in [6, 6.07) is 16.6. The Balaban J connectivity index is 1.90. The van der Waals surface area contributed by atoms with E-state index in [9.17, 15) is 4.39 Å². The van der Waals surface area contributed by atoms with E-state index in [4.69, 9.17) is 5.73 Å². The molecule has 0 saturated heterocycles. The van der Waals surface area contributed by atoms with Crippen LogP contribution in [0.25, 0.3) is 16.8 Å². The highest BCUT2D eigenvalue weighted by Gasteiger charge is 2.16. The molecule has 0 fully saturated rings. The molecule has 4 N–H and O–H groups in total. The number of hydrogen-bond acceptors (Lipinski definition) is 4. The first-order valence-electron chi connectivity index (χ1n) is 11.2. The molecule has 33 heavy (non-hydrogen) atoms. The van der Waals surface area contributed by atoms with Gasteiger partial charge in [-0.3, -0.25) is 5.10 Å². The molecule has 0 radical (unpaired) electrons. The molecule has 3 rings (SSSR count). The number of benzene rings is 2. The second-order valence-electron chi connectivity index (χ2n) is 7.72. The van der Waals surface area contributed by atoms with Crippen LogP contribution in [0.4, 0.5) is 4.39 Å². The van der Waals surface area contributed by atoms with Gasteiger partial charge in [0.25, 0.3) is 0 Å². The SMILES string of the molecule is C=C/C=C(\C=C(/N)NC(CN(CC)CC)c1ccccc1)c1cn[nH]c1-c1ccc(F)cc1. The van der Waals surface area contributed by atoms with E-state index in [1.165, 1.54) is 17.7 Å². The number of aromatic nitrogens is 2. The summed E-state index contributed by atoms with van der Waals surface area (Å²) in [5, 5.41) is 10.7. The van der Waals surface area contributed by atoms with Crippen LogP contribution in [0.15, 0.2) is 91.4 Å². The molecular weight excluding hydrogens is 413 g/mol. The number of nitrogens with one attached hydrogen (secondary N) is 2. The van der Waals surface area contributed by atoms with Gasteiger partial charge in [0.1, 0.15) is 5.82 Å². The van der Waals surface area contributed by atoms with Crippen molar-refractivity contribution in [2.45, 2.75) is 19.9 Å². The first kappa shape index (κ1) is 24.0. The summed E-state index contributed by atoms with van der Waals surface area (Å²) in [5.41, 5.74) is 11.0. The number of nitrogens with zero attached hydrogens (tertiary/aromatic N) is 2. The van der Waals surface area contributed by atoms with Crippen LogP contribution in [-0.2, 0) is 0 Å². The first-order chi connectivity index (χ1) is 16.0. The largest absolute Gasteiger partial charge is 0.386 e. The molecule has 5 nitrogen and oxygen atoms in total. The maximum Gasteiger partial charge on any atom is 0.123 e. The van der Waals surface area contributed by atoms with Gasteiger partial charge < -0.3 is 16.0 Å². The van der Waals surface area contributed by atoms with Crippen molar-refractivity contribution < 1.29 is 4.39 Å². The van der Waals surface area contributed by atoms with Crippen molar-refractivity contribution in [2.75, 3.05) is 19.6 Å². The van der Waals surface area contributed by atoms with Crippen LogP contribution >= 0.6 is 0 Å². The molecule has 6 heteroatoms. The summed E-state index contributed by atoms with van der Waals surface area (Å²) in [5.74, 6) is 0.255. The fraction of sp³-hybridized carbons (Fsp3) is 0.222. The minimum Gasteiger partial charge on any atom is -0.386 e. The Morgan fingerprint density at radius 3 is 2.48 bits per heavy atom. The first-order valence-corrected chi connectivity index (χ1v) is 11.2. The fourth-order valence-corrected chi connectivity index (χ4v) is 3.75. The van der Waals surface area contributed by atoms with Gasteiger partial charge in [-0.15, -0.1) is 0 Å². The van der Waals surface area contributed by atoms with Crippen molar-refractivity contribution in [2.24, 2.45) is 5.73 Å². The van der Waals surface area contributed by atoms with E-state index in [1.807, 2.05) is 30.4 Å². The zero-order valence-corrected chi connectivity index (χ0v) is 19.3. The Kier molecular flexibility index (Phi) is 8.61. The molecule has 0 aliphatic rings. The van der Waals surface area contributed by atoms with E-state index in [0.717, 1.165) is 42.0 Å². The zero-order valence-electron chi connectivity index (χ0n) is 19.3. The topological polar surface area (TPSA) is 70.0 Å². The molecule has 0 bridgehead atoms. The highest BCUT2D eigenvalue weighted by Crippen LogP contribution is 2.28. The number of halogens is 1. The highest BCUT2D eigenvalue weighted by atomic mass is 19.1. The maximum atomic E-state index is 13.4. The Morgan fingerprint density at radius 1 is 1.15 bits per heavy atom. The van der Waals surface area contributed by atoms with Gasteiger partial charge in [0, 0.05) is 17.7 Å². The Hall–Kier alpha value is -3.64. The lowest BCUT2D eigenvalue weighted by molar-refractivity contribution is 0.271. The normalized spacial score (nSPS) is 13.2. The third kappa shape index (κ3) is 6.43. The van der Waals surface area contributed by atoms with E-state index in [2.05, 4.69) is 53.0 Å². The average Bonchev–Trinajstić information content (AvgIpc) is 3.32. The third-order valence-electron chi connectivity index (χ3n) is 5.57. The molecule has 2 aromatic carbocycles. The monoisotopic (exact) mass is 445 g/mol. The Morgan fingerprint density at radius 2 is 1.85 bits per heavy atom. The number of nitrogens with two attached hydrogens (primary N) is 1. The predicted molar refractivity (Wildman–Crippen MR) is 135 cm³/mol. The lowest BCUT2D eigenvalue weighted by atomic mass is 10.0. The number of H-pyrrole nitrogens is 1. The zero-order chi connectivity index (χ0) is 23.6. The number of aromatic amines is 1. The molecule has 1 unspecified atom stereocenters. The smallest absolute Gasteiger partial charge is 0.123 e. The van der Waals surface area contributed by atoms with Gasteiger partial charge in [0.05, 0.1) is 23.8 Å². The predicted octanol–water partition coefficient (Wildman–Crippen LogP) is 5.26. The lowest BCUT2D eigenvalue weighted by Gasteiger charge is -2.27. The van der Waals surface area contributed by atoms with Gasteiger partial charge in [-0.05, 0) is 54.6 Å². The molecule has 172 valence electrons. The molecule has 1 atom stereocenters. The summed E-state index contributed by atoms with van der Waals surface area (Å²) < 4.78 is 13.4. The summed E-state index contributed by atoms with van der Waals surface area (Å²) >= 11 is 0. The van der Waals surface area contributed by atoms with Crippen molar-refractivity contribution in [1.82, 2.24) is 20.4 Å². The molecule has 0 spiro atoms. The second kappa shape index (κ2) is 11.8. The molecule has 1 aromatic heterocycles. The molecule has 0 saturated carbocycles.